The smallest absolute Gasteiger partial charge is 0.137 e. The molecule has 106 valence electrons. The number of alkyl halides is 1. The van der Waals surface area contributed by atoms with E-state index in [9.17, 15) is 0 Å². The number of hydrogen-bond donors (Lipinski definition) is 0. The molecule has 0 spiro atoms. The molecule has 0 N–H and O–H groups in total. The molecule has 1 unspecified atom stereocenters. The van der Waals surface area contributed by atoms with Crippen molar-refractivity contribution in [3.8, 4) is 5.75 Å². The van der Waals surface area contributed by atoms with Gasteiger partial charge in [0, 0.05) is 15.4 Å². The maximum atomic E-state index is 6.15. The lowest BCUT2D eigenvalue weighted by Gasteiger charge is -2.17. The van der Waals surface area contributed by atoms with Gasteiger partial charge in [-0.2, -0.15) is 0 Å². The number of benzene rings is 2. The molecule has 0 aromatic heterocycles. The van der Waals surface area contributed by atoms with Gasteiger partial charge in [0.05, 0.1) is 11.6 Å². The van der Waals surface area contributed by atoms with Crippen LogP contribution in [0.1, 0.15) is 21.5 Å². The number of aryl methyl sites for hydroxylation is 1. The molecule has 0 aliphatic carbocycles. The van der Waals surface area contributed by atoms with Gasteiger partial charge in [-0.05, 0) is 52.5 Å². The van der Waals surface area contributed by atoms with E-state index in [0.29, 0.717) is 5.02 Å². The normalized spacial score (nSPS) is 12.2. The first-order valence-corrected chi connectivity index (χ1v) is 8.33. The van der Waals surface area contributed by atoms with Gasteiger partial charge in [-0.15, -0.1) is 0 Å². The Balaban J connectivity index is 2.34. The zero-order valence-corrected chi connectivity index (χ0v) is 15.2. The van der Waals surface area contributed by atoms with Crippen LogP contribution in [0.4, 0.5) is 0 Å². The molecule has 0 amide bonds. The van der Waals surface area contributed by atoms with E-state index >= 15 is 0 Å². The molecule has 0 saturated heterocycles. The van der Waals surface area contributed by atoms with Crippen molar-refractivity contribution in [2.24, 2.45) is 0 Å². The first-order valence-electron chi connectivity index (χ1n) is 6.24. The van der Waals surface area contributed by atoms with Crippen molar-refractivity contribution in [2.45, 2.75) is 18.2 Å². The van der Waals surface area contributed by atoms with Crippen molar-refractivity contribution >= 4 is 43.5 Å². The molecule has 0 radical (unpaired) electrons. The average molecular weight is 419 g/mol. The van der Waals surface area contributed by atoms with Gasteiger partial charge >= 0.3 is 0 Å². The van der Waals surface area contributed by atoms with Crippen LogP contribution in [0.15, 0.2) is 40.9 Å². The maximum absolute atomic E-state index is 6.15. The predicted octanol–water partition coefficient (Wildman–Crippen LogP) is 6.10. The summed E-state index contributed by atoms with van der Waals surface area (Å²) in [7, 11) is 1.67. The Kier molecular flexibility index (Phi) is 5.53. The minimum Gasteiger partial charge on any atom is -0.495 e. The van der Waals surface area contributed by atoms with E-state index in [2.05, 4.69) is 63.0 Å². The van der Waals surface area contributed by atoms with E-state index < -0.39 is 0 Å². The summed E-state index contributed by atoms with van der Waals surface area (Å²) in [5.41, 5.74) is 3.65. The molecule has 0 fully saturated rings. The van der Waals surface area contributed by atoms with Crippen LogP contribution in [-0.4, -0.2) is 7.11 Å². The lowest BCUT2D eigenvalue weighted by molar-refractivity contribution is 0.407. The Morgan fingerprint density at radius 1 is 1.25 bits per heavy atom. The molecular weight excluding hydrogens is 403 g/mol. The molecule has 0 heterocycles. The van der Waals surface area contributed by atoms with E-state index in [4.69, 9.17) is 16.3 Å². The minimum absolute atomic E-state index is 0.147. The zero-order valence-electron chi connectivity index (χ0n) is 11.3. The Bertz CT molecular complexity index is 613. The van der Waals surface area contributed by atoms with E-state index in [1.807, 2.05) is 12.1 Å². The van der Waals surface area contributed by atoms with Crippen molar-refractivity contribution in [3.63, 3.8) is 0 Å². The lowest BCUT2D eigenvalue weighted by atomic mass is 10.00. The second-order valence-corrected chi connectivity index (χ2v) is 7.00. The Morgan fingerprint density at radius 2 is 1.95 bits per heavy atom. The number of ether oxygens (including phenoxy) is 1. The van der Waals surface area contributed by atoms with Crippen LogP contribution in [0.2, 0.25) is 5.02 Å². The molecule has 2 aromatic rings. The molecule has 0 aliphatic rings. The Hall–Kier alpha value is -0.510. The van der Waals surface area contributed by atoms with Gasteiger partial charge in [-0.3, -0.25) is 0 Å². The van der Waals surface area contributed by atoms with E-state index in [-0.39, 0.29) is 4.83 Å². The highest BCUT2D eigenvalue weighted by atomic mass is 79.9. The van der Waals surface area contributed by atoms with Gasteiger partial charge in [0.15, 0.2) is 0 Å². The summed E-state index contributed by atoms with van der Waals surface area (Å²) >= 11 is 13.4. The fraction of sp³-hybridized carbons (Fsp3) is 0.250. The largest absolute Gasteiger partial charge is 0.495 e. The molecule has 1 nitrogen and oxygen atoms in total. The van der Waals surface area contributed by atoms with Crippen LogP contribution in [-0.2, 0) is 6.42 Å². The fourth-order valence-corrected chi connectivity index (χ4v) is 3.86. The topological polar surface area (TPSA) is 9.23 Å². The number of rotatable bonds is 4. The minimum atomic E-state index is 0.147. The third kappa shape index (κ3) is 3.57. The summed E-state index contributed by atoms with van der Waals surface area (Å²) in [4.78, 5) is 0.147. The average Bonchev–Trinajstić information content (AvgIpc) is 2.40. The first-order chi connectivity index (χ1) is 9.52. The van der Waals surface area contributed by atoms with E-state index in [1.165, 1.54) is 11.1 Å². The van der Waals surface area contributed by atoms with E-state index in [0.717, 1.165) is 22.2 Å². The zero-order chi connectivity index (χ0) is 14.7. The van der Waals surface area contributed by atoms with Gasteiger partial charge in [0.2, 0.25) is 0 Å². The molecule has 2 rings (SSSR count). The molecule has 4 heteroatoms. The summed E-state index contributed by atoms with van der Waals surface area (Å²) in [6.07, 6.45) is 0.885. The van der Waals surface area contributed by atoms with Gasteiger partial charge < -0.3 is 4.74 Å². The van der Waals surface area contributed by atoms with Gasteiger partial charge in [0.25, 0.3) is 0 Å². The highest BCUT2D eigenvalue weighted by Crippen LogP contribution is 2.40. The summed E-state index contributed by atoms with van der Waals surface area (Å²) in [6, 6.07) is 12.2. The number of hydrogen-bond acceptors (Lipinski definition) is 1. The highest BCUT2D eigenvalue weighted by Gasteiger charge is 2.18. The first kappa shape index (κ1) is 15.9. The van der Waals surface area contributed by atoms with Crippen LogP contribution < -0.4 is 4.74 Å². The number of halogens is 3. The summed E-state index contributed by atoms with van der Waals surface area (Å²) in [6.45, 7) is 2.13. The van der Waals surface area contributed by atoms with Crippen LogP contribution in [0.25, 0.3) is 0 Å². The van der Waals surface area contributed by atoms with Crippen molar-refractivity contribution in [3.05, 3.63) is 62.6 Å². The molecule has 0 bridgehead atoms. The van der Waals surface area contributed by atoms with Gasteiger partial charge in [0.1, 0.15) is 5.75 Å². The quantitative estimate of drug-likeness (QED) is 0.545. The maximum Gasteiger partial charge on any atom is 0.137 e. The van der Waals surface area contributed by atoms with Crippen LogP contribution in [0.3, 0.4) is 0 Å². The van der Waals surface area contributed by atoms with Gasteiger partial charge in [-0.25, -0.2) is 0 Å². The third-order valence-electron chi connectivity index (χ3n) is 3.24. The van der Waals surface area contributed by atoms with Crippen molar-refractivity contribution < 1.29 is 4.74 Å². The second-order valence-electron chi connectivity index (χ2n) is 4.61. The molecule has 0 saturated carbocycles. The van der Waals surface area contributed by atoms with Crippen LogP contribution >= 0.6 is 43.5 Å². The van der Waals surface area contributed by atoms with Crippen molar-refractivity contribution in [2.75, 3.05) is 7.11 Å². The van der Waals surface area contributed by atoms with Crippen molar-refractivity contribution in [1.29, 1.82) is 0 Å². The van der Waals surface area contributed by atoms with Crippen LogP contribution in [0, 0.1) is 6.92 Å². The standard InChI is InChI=1S/C16H15Br2ClO/c1-10-5-3-4-6-11(10)7-14(17)13-8-12(19)9-15(18)16(13)20-2/h3-6,8-9,14H,7H2,1-2H3. The summed E-state index contributed by atoms with van der Waals surface area (Å²) < 4.78 is 6.36. The van der Waals surface area contributed by atoms with E-state index in [1.54, 1.807) is 7.11 Å². The molecule has 2 aromatic carbocycles. The molecule has 20 heavy (non-hydrogen) atoms. The second kappa shape index (κ2) is 6.97. The number of methoxy groups -OCH3 is 1. The molecule has 1 atom stereocenters. The third-order valence-corrected chi connectivity index (χ3v) is 4.86. The molecular formula is C16H15Br2ClO. The Labute approximate surface area is 141 Å². The predicted molar refractivity (Wildman–Crippen MR) is 92.3 cm³/mol. The highest BCUT2D eigenvalue weighted by molar-refractivity contribution is 9.10. The SMILES string of the molecule is COc1c(Br)cc(Cl)cc1C(Br)Cc1ccccc1C. The molecule has 0 aliphatic heterocycles. The fourth-order valence-electron chi connectivity index (χ4n) is 2.17. The van der Waals surface area contributed by atoms with Gasteiger partial charge in [-0.1, -0.05) is 51.8 Å². The Morgan fingerprint density at radius 3 is 2.60 bits per heavy atom. The van der Waals surface area contributed by atoms with Crippen LogP contribution in [0.5, 0.6) is 5.75 Å². The summed E-state index contributed by atoms with van der Waals surface area (Å²) in [5, 5.41) is 0.696. The summed E-state index contributed by atoms with van der Waals surface area (Å²) in [5.74, 6) is 0.824. The lowest BCUT2D eigenvalue weighted by Crippen LogP contribution is -2.01. The van der Waals surface area contributed by atoms with Crippen molar-refractivity contribution in [1.82, 2.24) is 0 Å². The monoisotopic (exact) mass is 416 g/mol.